The molecule has 2 aliphatic heterocycles. The number of carbonyl (C=O) groups is 2. The Labute approximate surface area is 216 Å². The first-order chi connectivity index (χ1) is 17.7. The predicted molar refractivity (Wildman–Crippen MR) is 136 cm³/mol. The highest BCUT2D eigenvalue weighted by atomic mass is 16.6. The zero-order valence-electron chi connectivity index (χ0n) is 20.9. The lowest BCUT2D eigenvalue weighted by atomic mass is 9.84. The standard InChI is InChI=1S/C28H27N3O6/c1-5-6-7-8-9-15-30-16-11-14-24(18-30)37-28(33)25-19(2)29-20(3)27(36-21(4)32)26(25)22-12-10-13-23(17-22)31(34)35/h1,10,12-13,17,24,26,29H,11,14-16,18H2,2-4H3. The molecule has 2 atom stereocenters. The minimum atomic E-state index is -0.863. The number of nitrogens with zero attached hydrogens (tertiary/aromatic N) is 2. The van der Waals surface area contributed by atoms with E-state index in [9.17, 15) is 19.7 Å². The van der Waals surface area contributed by atoms with E-state index in [-0.39, 0.29) is 23.1 Å². The molecule has 2 aliphatic rings. The molecule has 1 aromatic rings. The van der Waals surface area contributed by atoms with Crippen molar-refractivity contribution in [1.82, 2.24) is 10.2 Å². The van der Waals surface area contributed by atoms with Gasteiger partial charge in [-0.3, -0.25) is 19.8 Å². The van der Waals surface area contributed by atoms with Crippen molar-refractivity contribution in [2.45, 2.75) is 45.6 Å². The number of esters is 2. The maximum absolute atomic E-state index is 13.6. The van der Waals surface area contributed by atoms with E-state index in [1.807, 2.05) is 0 Å². The Kier molecular flexibility index (Phi) is 9.11. The molecule has 2 heterocycles. The van der Waals surface area contributed by atoms with E-state index in [0.717, 1.165) is 13.0 Å². The Balaban J connectivity index is 1.88. The zero-order valence-corrected chi connectivity index (χ0v) is 20.9. The predicted octanol–water partition coefficient (Wildman–Crippen LogP) is 3.00. The number of hydrogen-bond donors (Lipinski definition) is 1. The number of likely N-dealkylation sites (tertiary alicyclic amines) is 1. The van der Waals surface area contributed by atoms with Crippen LogP contribution in [0.25, 0.3) is 0 Å². The molecular formula is C28H27N3O6. The first-order valence-electron chi connectivity index (χ1n) is 11.7. The summed E-state index contributed by atoms with van der Waals surface area (Å²) in [6, 6.07) is 5.92. The molecule has 0 radical (unpaired) electrons. The third-order valence-corrected chi connectivity index (χ3v) is 5.91. The lowest BCUT2D eigenvalue weighted by Crippen LogP contribution is -2.41. The molecule has 190 valence electrons. The van der Waals surface area contributed by atoms with E-state index in [0.29, 0.717) is 36.5 Å². The summed E-state index contributed by atoms with van der Waals surface area (Å²) in [6.45, 7) is 6.45. The van der Waals surface area contributed by atoms with Gasteiger partial charge in [0.05, 0.1) is 28.7 Å². The van der Waals surface area contributed by atoms with Crippen LogP contribution in [0.5, 0.6) is 0 Å². The molecule has 1 saturated heterocycles. The van der Waals surface area contributed by atoms with Crippen LogP contribution in [0.3, 0.4) is 0 Å². The van der Waals surface area contributed by atoms with Crippen LogP contribution >= 0.6 is 0 Å². The van der Waals surface area contributed by atoms with Gasteiger partial charge in [0.1, 0.15) is 11.9 Å². The summed E-state index contributed by atoms with van der Waals surface area (Å²) in [4.78, 5) is 38.4. The van der Waals surface area contributed by atoms with Crippen molar-refractivity contribution in [2.75, 3.05) is 19.6 Å². The lowest BCUT2D eigenvalue weighted by Gasteiger charge is -2.34. The molecule has 0 spiro atoms. The minimum Gasteiger partial charge on any atom is -0.458 e. The molecule has 0 aromatic heterocycles. The quantitative estimate of drug-likeness (QED) is 0.274. The van der Waals surface area contributed by atoms with Crippen LogP contribution in [0.2, 0.25) is 0 Å². The SMILES string of the molecule is C#CC#CC#CCN1CCCC(OC(=O)C2=C(C)NC(C)=C(OC(C)=O)C2c2cccc([N+](=O)[O-])c2)C1. The van der Waals surface area contributed by atoms with Crippen LogP contribution in [0.4, 0.5) is 5.69 Å². The summed E-state index contributed by atoms with van der Waals surface area (Å²) < 4.78 is 11.4. The summed E-state index contributed by atoms with van der Waals surface area (Å²) >= 11 is 0. The van der Waals surface area contributed by atoms with E-state index in [1.54, 1.807) is 19.9 Å². The van der Waals surface area contributed by atoms with Crippen molar-refractivity contribution >= 4 is 17.6 Å². The fraction of sp³-hybridized carbons (Fsp3) is 0.357. The first-order valence-corrected chi connectivity index (χ1v) is 11.7. The number of hydrogen-bond acceptors (Lipinski definition) is 8. The number of piperidine rings is 1. The largest absolute Gasteiger partial charge is 0.458 e. The minimum absolute atomic E-state index is 0.141. The Morgan fingerprint density at radius 1 is 1.24 bits per heavy atom. The molecule has 2 unspecified atom stereocenters. The summed E-state index contributed by atoms with van der Waals surface area (Å²) in [7, 11) is 0. The number of dihydropyridines is 1. The third kappa shape index (κ3) is 7.01. The topological polar surface area (TPSA) is 111 Å². The molecular weight excluding hydrogens is 474 g/mol. The highest BCUT2D eigenvalue weighted by Crippen LogP contribution is 2.40. The number of nitro benzene ring substituents is 1. The molecule has 3 rings (SSSR count). The second-order valence-electron chi connectivity index (χ2n) is 8.63. The fourth-order valence-corrected chi connectivity index (χ4v) is 4.40. The second kappa shape index (κ2) is 12.4. The Bertz CT molecular complexity index is 1330. The molecule has 9 heteroatoms. The van der Waals surface area contributed by atoms with Crippen LogP contribution in [0, 0.1) is 46.1 Å². The highest BCUT2D eigenvalue weighted by molar-refractivity contribution is 5.93. The summed E-state index contributed by atoms with van der Waals surface area (Å²) in [5.74, 6) is 11.0. The molecule has 9 nitrogen and oxygen atoms in total. The molecule has 0 saturated carbocycles. The number of non-ortho nitro benzene ring substituents is 1. The van der Waals surface area contributed by atoms with Crippen molar-refractivity contribution < 1.29 is 24.0 Å². The van der Waals surface area contributed by atoms with Gasteiger partial charge in [-0.15, -0.1) is 6.42 Å². The van der Waals surface area contributed by atoms with Gasteiger partial charge in [-0.1, -0.05) is 18.1 Å². The van der Waals surface area contributed by atoms with Crippen molar-refractivity contribution in [2.24, 2.45) is 0 Å². The molecule has 0 bridgehead atoms. The number of terminal acetylenes is 1. The van der Waals surface area contributed by atoms with E-state index >= 15 is 0 Å². The summed E-state index contributed by atoms with van der Waals surface area (Å²) in [5.41, 5.74) is 1.56. The Morgan fingerprint density at radius 3 is 2.73 bits per heavy atom. The van der Waals surface area contributed by atoms with Crippen molar-refractivity contribution in [3.63, 3.8) is 0 Å². The van der Waals surface area contributed by atoms with Crippen molar-refractivity contribution in [3.05, 3.63) is 62.7 Å². The van der Waals surface area contributed by atoms with Gasteiger partial charge in [0.25, 0.3) is 5.69 Å². The normalized spacial score (nSPS) is 19.3. The van der Waals surface area contributed by atoms with Gasteiger partial charge in [-0.05, 0) is 62.5 Å². The number of nitrogens with one attached hydrogen (secondary N) is 1. The fourth-order valence-electron chi connectivity index (χ4n) is 4.40. The van der Waals surface area contributed by atoms with Gasteiger partial charge in [0.2, 0.25) is 0 Å². The van der Waals surface area contributed by atoms with Crippen molar-refractivity contribution in [1.29, 1.82) is 0 Å². The molecule has 0 aliphatic carbocycles. The molecule has 1 N–H and O–H groups in total. The van der Waals surface area contributed by atoms with Gasteiger partial charge in [0.15, 0.2) is 0 Å². The first kappa shape index (κ1) is 27.1. The summed E-state index contributed by atoms with van der Waals surface area (Å²) in [6.07, 6.45) is 6.20. The van der Waals surface area contributed by atoms with E-state index in [1.165, 1.54) is 25.1 Å². The maximum atomic E-state index is 13.6. The van der Waals surface area contributed by atoms with Crippen LogP contribution in [-0.2, 0) is 19.1 Å². The molecule has 1 aromatic carbocycles. The number of allylic oxidation sites excluding steroid dienone is 3. The van der Waals surface area contributed by atoms with Crippen LogP contribution in [-0.4, -0.2) is 47.5 Å². The average molecular weight is 502 g/mol. The van der Waals surface area contributed by atoms with Gasteiger partial charge in [-0.25, -0.2) is 4.79 Å². The van der Waals surface area contributed by atoms with Gasteiger partial charge in [0, 0.05) is 31.3 Å². The molecule has 37 heavy (non-hydrogen) atoms. The van der Waals surface area contributed by atoms with Crippen molar-refractivity contribution in [3.8, 4) is 36.0 Å². The van der Waals surface area contributed by atoms with E-state index in [2.05, 4.69) is 39.8 Å². The lowest BCUT2D eigenvalue weighted by molar-refractivity contribution is -0.384. The number of carbonyl (C=O) groups excluding carboxylic acids is 2. The number of benzene rings is 1. The highest BCUT2D eigenvalue weighted by Gasteiger charge is 2.38. The van der Waals surface area contributed by atoms with Crippen LogP contribution < -0.4 is 5.32 Å². The number of rotatable bonds is 6. The van der Waals surface area contributed by atoms with Gasteiger partial charge >= 0.3 is 11.9 Å². The third-order valence-electron chi connectivity index (χ3n) is 5.91. The average Bonchev–Trinajstić information content (AvgIpc) is 2.85. The Hall–Kier alpha value is -4.52. The summed E-state index contributed by atoms with van der Waals surface area (Å²) in [5, 5.41) is 14.5. The van der Waals surface area contributed by atoms with Gasteiger partial charge in [-0.2, -0.15) is 0 Å². The number of nitro groups is 1. The monoisotopic (exact) mass is 501 g/mol. The zero-order chi connectivity index (χ0) is 26.9. The van der Waals surface area contributed by atoms with Gasteiger partial charge < -0.3 is 14.8 Å². The Morgan fingerprint density at radius 2 is 2.03 bits per heavy atom. The van der Waals surface area contributed by atoms with Crippen LogP contribution in [0.1, 0.15) is 45.1 Å². The molecule has 1 fully saturated rings. The van der Waals surface area contributed by atoms with Crippen LogP contribution in [0.15, 0.2) is 47.0 Å². The number of ether oxygens (including phenoxy) is 2. The second-order valence-corrected chi connectivity index (χ2v) is 8.63. The van der Waals surface area contributed by atoms with E-state index in [4.69, 9.17) is 15.9 Å². The maximum Gasteiger partial charge on any atom is 0.337 e. The van der Waals surface area contributed by atoms with E-state index < -0.39 is 22.8 Å². The molecule has 0 amide bonds. The smallest absolute Gasteiger partial charge is 0.337 e.